The van der Waals surface area contributed by atoms with Crippen LogP contribution in [0, 0.1) is 12.8 Å². The number of thioether (sulfide) groups is 1. The Hall–Kier alpha value is -2.48. The third-order valence-corrected chi connectivity index (χ3v) is 6.15. The van der Waals surface area contributed by atoms with E-state index < -0.39 is 0 Å². The molecule has 0 unspecified atom stereocenters. The number of hydrogen-bond donors (Lipinski definition) is 0. The number of piperidine rings is 1. The molecule has 0 radical (unpaired) electrons. The van der Waals surface area contributed by atoms with Crippen LogP contribution >= 0.6 is 11.8 Å². The molecule has 3 heterocycles. The van der Waals surface area contributed by atoms with Gasteiger partial charge in [0.05, 0.1) is 12.3 Å². The van der Waals surface area contributed by atoms with Gasteiger partial charge in [-0.05, 0) is 31.2 Å². The van der Waals surface area contributed by atoms with Crippen LogP contribution in [0.4, 0.5) is 0 Å². The Morgan fingerprint density at radius 1 is 1.18 bits per heavy atom. The minimum absolute atomic E-state index is 0.163. The van der Waals surface area contributed by atoms with Gasteiger partial charge in [-0.15, -0.1) is 5.10 Å². The van der Waals surface area contributed by atoms with E-state index in [1.165, 1.54) is 23.7 Å². The van der Waals surface area contributed by atoms with Crippen molar-refractivity contribution >= 4 is 28.8 Å². The molecule has 2 aromatic heterocycles. The van der Waals surface area contributed by atoms with Crippen LogP contribution < -0.4 is 0 Å². The van der Waals surface area contributed by atoms with Crippen LogP contribution in [0.25, 0.3) is 11.2 Å². The maximum Gasteiger partial charge on any atom is 0.232 e. The van der Waals surface area contributed by atoms with Gasteiger partial charge in [0, 0.05) is 13.1 Å². The van der Waals surface area contributed by atoms with Gasteiger partial charge in [-0.1, -0.05) is 53.7 Å². The minimum atomic E-state index is 0.163. The van der Waals surface area contributed by atoms with Crippen molar-refractivity contribution in [3.63, 3.8) is 0 Å². The normalized spacial score (nSPS) is 15.3. The number of fused-ring (bicyclic) bond motifs is 1. The molecule has 0 saturated carbocycles. The molecule has 28 heavy (non-hydrogen) atoms. The lowest BCUT2D eigenvalue weighted by atomic mass is 9.99. The smallest absolute Gasteiger partial charge is 0.232 e. The molecule has 3 aromatic rings. The van der Waals surface area contributed by atoms with E-state index in [1.807, 2.05) is 4.90 Å². The van der Waals surface area contributed by atoms with E-state index in [4.69, 9.17) is 0 Å². The summed E-state index contributed by atoms with van der Waals surface area (Å²) in [7, 11) is 0. The highest BCUT2D eigenvalue weighted by molar-refractivity contribution is 8.00. The molecule has 4 rings (SSSR count). The number of benzene rings is 1. The maximum absolute atomic E-state index is 12.5. The van der Waals surface area contributed by atoms with E-state index in [1.54, 1.807) is 4.68 Å². The highest BCUT2D eigenvalue weighted by atomic mass is 32.2. The van der Waals surface area contributed by atoms with Gasteiger partial charge in [-0.3, -0.25) is 4.79 Å². The summed E-state index contributed by atoms with van der Waals surface area (Å²) in [4.78, 5) is 23.2. The Kier molecular flexibility index (Phi) is 5.57. The summed E-state index contributed by atoms with van der Waals surface area (Å²) in [6, 6.07) is 8.32. The third-order valence-electron chi connectivity index (χ3n) is 5.19. The van der Waals surface area contributed by atoms with Gasteiger partial charge in [-0.2, -0.15) is 0 Å². The maximum atomic E-state index is 12.5. The van der Waals surface area contributed by atoms with Crippen molar-refractivity contribution in [2.75, 3.05) is 18.8 Å². The van der Waals surface area contributed by atoms with Crippen LogP contribution in [0.2, 0.25) is 0 Å². The monoisotopic (exact) mass is 396 g/mol. The first-order valence-corrected chi connectivity index (χ1v) is 10.6. The molecule has 1 aromatic carbocycles. The van der Waals surface area contributed by atoms with Gasteiger partial charge in [0.2, 0.25) is 5.91 Å². The molecule has 1 aliphatic heterocycles. The van der Waals surface area contributed by atoms with Crippen molar-refractivity contribution in [3.05, 3.63) is 41.7 Å². The Morgan fingerprint density at radius 3 is 2.68 bits per heavy atom. The molecule has 1 aliphatic rings. The number of amides is 1. The summed E-state index contributed by atoms with van der Waals surface area (Å²) in [5.41, 5.74) is 3.71. The fourth-order valence-electron chi connectivity index (χ4n) is 3.33. The molecule has 146 valence electrons. The van der Waals surface area contributed by atoms with E-state index >= 15 is 0 Å². The average molecular weight is 397 g/mol. The Bertz CT molecular complexity index is 962. The van der Waals surface area contributed by atoms with Crippen molar-refractivity contribution in [3.8, 4) is 0 Å². The first kappa shape index (κ1) is 18.9. The standard InChI is InChI=1S/C20H24N6OS/c1-14-3-5-16(6-4-14)11-26-19-18(23-24-26)20(22-13-21-19)28-12-17(27)25-9-7-15(2)8-10-25/h3-6,13,15H,7-12H2,1-2H3. The Labute approximate surface area is 168 Å². The number of carbonyl (C=O) groups excluding carboxylic acids is 1. The molecule has 0 N–H and O–H groups in total. The van der Waals surface area contributed by atoms with Gasteiger partial charge in [0.1, 0.15) is 11.4 Å². The zero-order valence-electron chi connectivity index (χ0n) is 16.2. The predicted molar refractivity (Wildman–Crippen MR) is 109 cm³/mol. The fraction of sp³-hybridized carbons (Fsp3) is 0.450. The molecular weight excluding hydrogens is 372 g/mol. The lowest BCUT2D eigenvalue weighted by molar-refractivity contribution is -0.129. The van der Waals surface area contributed by atoms with E-state index in [-0.39, 0.29) is 5.91 Å². The van der Waals surface area contributed by atoms with Crippen LogP contribution in [0.1, 0.15) is 30.9 Å². The highest BCUT2D eigenvalue weighted by Gasteiger charge is 2.21. The molecule has 1 fully saturated rings. The Morgan fingerprint density at radius 2 is 1.93 bits per heavy atom. The average Bonchev–Trinajstić information content (AvgIpc) is 3.12. The fourth-order valence-corrected chi connectivity index (χ4v) is 4.16. The first-order chi connectivity index (χ1) is 13.6. The molecule has 0 atom stereocenters. The Balaban J connectivity index is 1.45. The summed E-state index contributed by atoms with van der Waals surface area (Å²) in [6.45, 7) is 6.62. The van der Waals surface area contributed by atoms with Gasteiger partial charge in [-0.25, -0.2) is 14.6 Å². The number of hydrogen-bond acceptors (Lipinski definition) is 6. The lowest BCUT2D eigenvalue weighted by Crippen LogP contribution is -2.38. The van der Waals surface area contributed by atoms with Gasteiger partial charge in [0.25, 0.3) is 0 Å². The second-order valence-corrected chi connectivity index (χ2v) is 8.40. The van der Waals surface area contributed by atoms with E-state index in [9.17, 15) is 4.79 Å². The number of aromatic nitrogens is 5. The zero-order valence-corrected chi connectivity index (χ0v) is 17.0. The SMILES string of the molecule is Cc1ccc(Cn2nnc3c(SCC(=O)N4CCC(C)CC4)ncnc32)cc1. The van der Waals surface area contributed by atoms with Crippen LogP contribution in [-0.2, 0) is 11.3 Å². The molecule has 1 amide bonds. The number of nitrogens with zero attached hydrogens (tertiary/aromatic N) is 6. The summed E-state index contributed by atoms with van der Waals surface area (Å²) < 4.78 is 1.78. The van der Waals surface area contributed by atoms with E-state index in [0.717, 1.165) is 31.5 Å². The third kappa shape index (κ3) is 4.16. The summed E-state index contributed by atoms with van der Waals surface area (Å²) >= 11 is 1.42. The largest absolute Gasteiger partial charge is 0.342 e. The van der Waals surface area contributed by atoms with Crippen molar-refractivity contribution in [2.45, 2.75) is 38.3 Å². The summed E-state index contributed by atoms with van der Waals surface area (Å²) in [5.74, 6) is 1.24. The van der Waals surface area contributed by atoms with Crippen molar-refractivity contribution in [1.82, 2.24) is 29.9 Å². The zero-order chi connectivity index (χ0) is 19.5. The van der Waals surface area contributed by atoms with Gasteiger partial charge in [0.15, 0.2) is 11.2 Å². The minimum Gasteiger partial charge on any atom is -0.342 e. The van der Waals surface area contributed by atoms with Crippen LogP contribution in [0.3, 0.4) is 0 Å². The van der Waals surface area contributed by atoms with Crippen LogP contribution in [0.15, 0.2) is 35.6 Å². The van der Waals surface area contributed by atoms with E-state index in [2.05, 4.69) is 58.4 Å². The number of likely N-dealkylation sites (tertiary alicyclic amines) is 1. The van der Waals surface area contributed by atoms with Gasteiger partial charge < -0.3 is 4.90 Å². The number of carbonyl (C=O) groups is 1. The van der Waals surface area contributed by atoms with Crippen molar-refractivity contribution in [1.29, 1.82) is 0 Å². The van der Waals surface area contributed by atoms with Crippen molar-refractivity contribution < 1.29 is 4.79 Å². The molecule has 7 nitrogen and oxygen atoms in total. The first-order valence-electron chi connectivity index (χ1n) is 9.60. The number of aryl methyl sites for hydroxylation is 1. The molecule has 0 spiro atoms. The van der Waals surface area contributed by atoms with Crippen LogP contribution in [0.5, 0.6) is 0 Å². The predicted octanol–water partition coefficient (Wildman–Crippen LogP) is 2.93. The van der Waals surface area contributed by atoms with Crippen molar-refractivity contribution in [2.24, 2.45) is 5.92 Å². The molecule has 1 saturated heterocycles. The number of rotatable bonds is 5. The van der Waals surface area contributed by atoms with Crippen LogP contribution in [-0.4, -0.2) is 54.6 Å². The summed E-state index contributed by atoms with van der Waals surface area (Å²) in [5, 5.41) is 9.24. The second-order valence-electron chi connectivity index (χ2n) is 7.44. The quantitative estimate of drug-likeness (QED) is 0.487. The molecular formula is C20H24N6OS. The van der Waals surface area contributed by atoms with Gasteiger partial charge >= 0.3 is 0 Å². The topological polar surface area (TPSA) is 76.8 Å². The molecule has 0 bridgehead atoms. The second kappa shape index (κ2) is 8.26. The molecule has 0 aliphatic carbocycles. The highest BCUT2D eigenvalue weighted by Crippen LogP contribution is 2.24. The summed E-state index contributed by atoms with van der Waals surface area (Å²) in [6.07, 6.45) is 3.69. The molecule has 8 heteroatoms. The van der Waals surface area contributed by atoms with E-state index in [0.29, 0.717) is 34.4 Å². The lowest BCUT2D eigenvalue weighted by Gasteiger charge is -2.30.